The smallest absolute Gasteiger partial charge is 0.0962 e. The monoisotopic (exact) mass is 150 g/mol. The highest BCUT2D eigenvalue weighted by Crippen LogP contribution is 2.26. The van der Waals surface area contributed by atoms with Gasteiger partial charge in [-0.1, -0.05) is 25.2 Å². The molecule has 60 valence electrons. The number of hydrogen-bond acceptors (Lipinski definition) is 1. The van der Waals surface area contributed by atoms with Crippen LogP contribution in [0.4, 0.5) is 0 Å². The molecule has 1 rings (SSSR count). The molecule has 0 aromatic carbocycles. The predicted molar refractivity (Wildman–Crippen MR) is 47.3 cm³/mol. The SMILES string of the molecule is C=CC(C)C1CC=CC=C1O. The zero-order valence-electron chi connectivity index (χ0n) is 6.83. The molecule has 0 amide bonds. The van der Waals surface area contributed by atoms with Gasteiger partial charge in [0.2, 0.25) is 0 Å². The first-order valence-corrected chi connectivity index (χ1v) is 3.94. The van der Waals surface area contributed by atoms with Gasteiger partial charge in [0, 0.05) is 5.92 Å². The van der Waals surface area contributed by atoms with Crippen LogP contribution in [0.15, 0.2) is 36.6 Å². The van der Waals surface area contributed by atoms with Gasteiger partial charge < -0.3 is 5.11 Å². The van der Waals surface area contributed by atoms with Crippen molar-refractivity contribution in [3.63, 3.8) is 0 Å². The number of rotatable bonds is 2. The maximum absolute atomic E-state index is 9.43. The van der Waals surface area contributed by atoms with Crippen molar-refractivity contribution in [1.29, 1.82) is 0 Å². The van der Waals surface area contributed by atoms with E-state index in [4.69, 9.17) is 0 Å². The lowest BCUT2D eigenvalue weighted by atomic mass is 9.87. The summed E-state index contributed by atoms with van der Waals surface area (Å²) in [6.45, 7) is 5.78. The van der Waals surface area contributed by atoms with E-state index in [0.29, 0.717) is 11.7 Å². The van der Waals surface area contributed by atoms with Crippen LogP contribution in [-0.2, 0) is 0 Å². The summed E-state index contributed by atoms with van der Waals surface area (Å²) in [6, 6.07) is 0. The Labute approximate surface area is 67.7 Å². The van der Waals surface area contributed by atoms with Crippen molar-refractivity contribution in [2.75, 3.05) is 0 Å². The molecule has 0 aliphatic heterocycles. The van der Waals surface area contributed by atoms with Crippen LogP contribution in [0.25, 0.3) is 0 Å². The molecule has 1 heteroatoms. The van der Waals surface area contributed by atoms with E-state index >= 15 is 0 Å². The molecule has 0 bridgehead atoms. The van der Waals surface area contributed by atoms with Crippen LogP contribution in [0.3, 0.4) is 0 Å². The lowest BCUT2D eigenvalue weighted by Gasteiger charge is -2.20. The van der Waals surface area contributed by atoms with Gasteiger partial charge in [0.15, 0.2) is 0 Å². The van der Waals surface area contributed by atoms with Crippen LogP contribution in [0.2, 0.25) is 0 Å². The maximum Gasteiger partial charge on any atom is 0.0962 e. The molecule has 1 aliphatic carbocycles. The van der Waals surface area contributed by atoms with E-state index in [-0.39, 0.29) is 5.92 Å². The summed E-state index contributed by atoms with van der Waals surface area (Å²) in [5.41, 5.74) is 0. The quantitative estimate of drug-likeness (QED) is 0.600. The predicted octanol–water partition coefficient (Wildman–Crippen LogP) is 2.83. The van der Waals surface area contributed by atoms with Crippen LogP contribution < -0.4 is 0 Å². The third-order valence-corrected chi connectivity index (χ3v) is 2.18. The topological polar surface area (TPSA) is 20.2 Å². The number of aliphatic hydroxyl groups is 1. The summed E-state index contributed by atoms with van der Waals surface area (Å²) in [5.74, 6) is 1.09. The summed E-state index contributed by atoms with van der Waals surface area (Å²) in [7, 11) is 0. The Morgan fingerprint density at radius 1 is 1.82 bits per heavy atom. The first kappa shape index (κ1) is 8.12. The molecule has 0 aromatic heterocycles. The van der Waals surface area contributed by atoms with Crippen LogP contribution in [-0.4, -0.2) is 5.11 Å². The molecule has 0 saturated heterocycles. The first-order chi connectivity index (χ1) is 5.25. The molecule has 2 atom stereocenters. The molecule has 1 N–H and O–H groups in total. The molecule has 2 unspecified atom stereocenters. The second-order valence-corrected chi connectivity index (χ2v) is 2.96. The third-order valence-electron chi connectivity index (χ3n) is 2.18. The van der Waals surface area contributed by atoms with E-state index in [9.17, 15) is 5.11 Å². The first-order valence-electron chi connectivity index (χ1n) is 3.94. The highest BCUT2D eigenvalue weighted by atomic mass is 16.3. The van der Waals surface area contributed by atoms with E-state index in [1.807, 2.05) is 12.2 Å². The summed E-state index contributed by atoms with van der Waals surface area (Å²) in [6.07, 6.45) is 8.53. The average Bonchev–Trinajstić information content (AvgIpc) is 2.04. The molecular weight excluding hydrogens is 136 g/mol. The molecular formula is C10H14O. The van der Waals surface area contributed by atoms with E-state index in [0.717, 1.165) is 6.42 Å². The lowest BCUT2D eigenvalue weighted by molar-refractivity contribution is 0.294. The number of hydrogen-bond donors (Lipinski definition) is 1. The summed E-state index contributed by atoms with van der Waals surface area (Å²) in [4.78, 5) is 0. The Bertz CT molecular complexity index is 201. The van der Waals surface area contributed by atoms with Crippen molar-refractivity contribution in [3.8, 4) is 0 Å². The summed E-state index contributed by atoms with van der Waals surface area (Å²) < 4.78 is 0. The third kappa shape index (κ3) is 1.73. The second kappa shape index (κ2) is 3.42. The Kier molecular flexibility index (Phi) is 2.53. The fourth-order valence-corrected chi connectivity index (χ4v) is 1.28. The standard InChI is InChI=1S/C10H14O/c1-3-8(2)9-6-4-5-7-10(9)11/h3-5,7-9,11H,1,6H2,2H3. The van der Waals surface area contributed by atoms with Crippen molar-refractivity contribution in [3.05, 3.63) is 36.6 Å². The van der Waals surface area contributed by atoms with Crippen molar-refractivity contribution < 1.29 is 5.11 Å². The number of allylic oxidation sites excluding steroid dienone is 5. The van der Waals surface area contributed by atoms with Gasteiger partial charge in [-0.05, 0) is 18.4 Å². The molecule has 0 saturated carbocycles. The van der Waals surface area contributed by atoms with Gasteiger partial charge in [-0.25, -0.2) is 0 Å². The van der Waals surface area contributed by atoms with Crippen molar-refractivity contribution in [2.45, 2.75) is 13.3 Å². The van der Waals surface area contributed by atoms with E-state index in [2.05, 4.69) is 19.6 Å². The van der Waals surface area contributed by atoms with Gasteiger partial charge in [0.05, 0.1) is 5.76 Å². The molecule has 1 nitrogen and oxygen atoms in total. The van der Waals surface area contributed by atoms with Gasteiger partial charge in [-0.3, -0.25) is 0 Å². The van der Waals surface area contributed by atoms with E-state index < -0.39 is 0 Å². The van der Waals surface area contributed by atoms with Crippen LogP contribution in [0.5, 0.6) is 0 Å². The Hall–Kier alpha value is -0.980. The van der Waals surface area contributed by atoms with Gasteiger partial charge in [-0.15, -0.1) is 6.58 Å². The van der Waals surface area contributed by atoms with Gasteiger partial charge >= 0.3 is 0 Å². The van der Waals surface area contributed by atoms with Crippen LogP contribution in [0, 0.1) is 11.8 Å². The highest BCUT2D eigenvalue weighted by Gasteiger charge is 2.18. The largest absolute Gasteiger partial charge is 0.512 e. The Balaban J connectivity index is 2.67. The zero-order valence-corrected chi connectivity index (χ0v) is 6.83. The molecule has 0 heterocycles. The lowest BCUT2D eigenvalue weighted by Crippen LogP contribution is -2.13. The Morgan fingerprint density at radius 3 is 3.09 bits per heavy atom. The summed E-state index contributed by atoms with van der Waals surface area (Å²) in [5, 5.41) is 9.43. The minimum absolute atomic E-state index is 0.248. The van der Waals surface area contributed by atoms with Crippen molar-refractivity contribution >= 4 is 0 Å². The average molecular weight is 150 g/mol. The fraction of sp³-hybridized carbons (Fsp3) is 0.400. The normalized spacial score (nSPS) is 25.9. The molecule has 11 heavy (non-hydrogen) atoms. The van der Waals surface area contributed by atoms with E-state index in [1.54, 1.807) is 6.08 Å². The Morgan fingerprint density at radius 2 is 2.55 bits per heavy atom. The van der Waals surface area contributed by atoms with Crippen molar-refractivity contribution in [1.82, 2.24) is 0 Å². The minimum Gasteiger partial charge on any atom is -0.512 e. The zero-order chi connectivity index (χ0) is 8.27. The highest BCUT2D eigenvalue weighted by molar-refractivity contribution is 5.17. The molecule has 0 fully saturated rings. The fourth-order valence-electron chi connectivity index (χ4n) is 1.28. The molecule has 0 radical (unpaired) electrons. The minimum atomic E-state index is 0.248. The van der Waals surface area contributed by atoms with Gasteiger partial charge in [0.1, 0.15) is 0 Å². The van der Waals surface area contributed by atoms with Crippen LogP contribution in [0.1, 0.15) is 13.3 Å². The number of aliphatic hydroxyl groups excluding tert-OH is 1. The van der Waals surface area contributed by atoms with Crippen molar-refractivity contribution in [2.24, 2.45) is 11.8 Å². The van der Waals surface area contributed by atoms with E-state index in [1.165, 1.54) is 0 Å². The second-order valence-electron chi connectivity index (χ2n) is 2.96. The van der Waals surface area contributed by atoms with Crippen LogP contribution >= 0.6 is 0 Å². The molecule has 1 aliphatic rings. The molecule has 0 spiro atoms. The van der Waals surface area contributed by atoms with Gasteiger partial charge in [0.25, 0.3) is 0 Å². The maximum atomic E-state index is 9.43. The van der Waals surface area contributed by atoms with Gasteiger partial charge in [-0.2, -0.15) is 0 Å². The summed E-state index contributed by atoms with van der Waals surface area (Å²) >= 11 is 0. The molecule has 0 aromatic rings.